The van der Waals surface area contributed by atoms with E-state index in [0.29, 0.717) is 23.5 Å². The molecule has 4 saturated carbocycles. The molecule has 0 heterocycles. The van der Waals surface area contributed by atoms with Crippen molar-refractivity contribution >= 4 is 23.8 Å². The molecule has 0 unspecified atom stereocenters. The first kappa shape index (κ1) is 18.9. The summed E-state index contributed by atoms with van der Waals surface area (Å²) in [4.78, 5) is -1.72. The molecule has 0 aromatic heterocycles. The molecule has 4 aliphatic carbocycles. The standard InChI is InChI=1S/C17H18F4O3S2/c18-11-13(20)16(26-24-23-22)14(21)12(19)15(11)25-7-17-4-8-1-9(5-17)3-10(2-8)6-17/h8-10,22H,1-7H2/p-1. The van der Waals surface area contributed by atoms with Crippen molar-refractivity contribution in [2.24, 2.45) is 23.2 Å². The van der Waals surface area contributed by atoms with E-state index in [9.17, 15) is 22.8 Å². The molecule has 0 saturated heterocycles. The van der Waals surface area contributed by atoms with Gasteiger partial charge in [0.05, 0.1) is 16.9 Å². The Labute approximate surface area is 156 Å². The normalized spacial score (nSPS) is 32.4. The molecule has 4 bridgehead atoms. The van der Waals surface area contributed by atoms with Gasteiger partial charge in [-0.3, -0.25) is 5.04 Å². The lowest BCUT2D eigenvalue weighted by Gasteiger charge is -2.56. The van der Waals surface area contributed by atoms with E-state index in [1.165, 1.54) is 19.3 Å². The largest absolute Gasteiger partial charge is 0.691 e. The summed E-state index contributed by atoms with van der Waals surface area (Å²) in [6, 6.07) is 0. The summed E-state index contributed by atoms with van der Waals surface area (Å²) in [6.45, 7) is 0. The van der Waals surface area contributed by atoms with Crippen LogP contribution in [-0.2, 0) is 9.37 Å². The second-order valence-electron chi connectivity index (χ2n) is 7.84. The molecular formula is C17H17F4O3S2-. The second kappa shape index (κ2) is 7.16. The molecule has 1 aromatic carbocycles. The molecule has 1 aromatic rings. The molecule has 4 aliphatic rings. The minimum atomic E-state index is -1.58. The van der Waals surface area contributed by atoms with E-state index >= 15 is 0 Å². The zero-order valence-electron chi connectivity index (χ0n) is 13.7. The predicted octanol–water partition coefficient (Wildman–Crippen LogP) is 4.78. The Morgan fingerprint density at radius 2 is 1.31 bits per heavy atom. The van der Waals surface area contributed by atoms with Crippen LogP contribution in [0.25, 0.3) is 0 Å². The van der Waals surface area contributed by atoms with Crippen LogP contribution in [0.5, 0.6) is 0 Å². The minimum Gasteiger partial charge on any atom is -0.691 e. The molecule has 0 aliphatic heterocycles. The van der Waals surface area contributed by atoms with Crippen molar-refractivity contribution in [3.05, 3.63) is 23.3 Å². The lowest BCUT2D eigenvalue weighted by atomic mass is 9.50. The topological polar surface area (TPSA) is 41.5 Å². The Hall–Kier alpha value is -0.480. The second-order valence-corrected chi connectivity index (χ2v) is 9.54. The highest BCUT2D eigenvalue weighted by atomic mass is 32.2. The maximum atomic E-state index is 14.3. The number of benzene rings is 1. The summed E-state index contributed by atoms with van der Waals surface area (Å²) >= 11 is 0.652. The van der Waals surface area contributed by atoms with Gasteiger partial charge in [0, 0.05) is 5.75 Å². The maximum absolute atomic E-state index is 14.3. The maximum Gasteiger partial charge on any atom is 0.179 e. The van der Waals surface area contributed by atoms with E-state index < -0.39 is 33.1 Å². The first-order valence-electron chi connectivity index (χ1n) is 8.54. The zero-order valence-corrected chi connectivity index (χ0v) is 15.4. The molecule has 5 rings (SSSR count). The molecular weight excluding hydrogens is 392 g/mol. The Kier molecular flexibility index (Phi) is 5.20. The molecule has 144 valence electrons. The van der Waals surface area contributed by atoms with Crippen LogP contribution >= 0.6 is 23.8 Å². The third kappa shape index (κ3) is 3.26. The molecule has 3 nitrogen and oxygen atoms in total. The SMILES string of the molecule is [O-]OOSc1c(F)c(F)c(SCC23CC4CC(CC(C4)C2)C3)c(F)c1F. The Balaban J connectivity index is 1.55. The van der Waals surface area contributed by atoms with Crippen LogP contribution in [0, 0.1) is 46.4 Å². The smallest absolute Gasteiger partial charge is 0.179 e. The van der Waals surface area contributed by atoms with Crippen LogP contribution in [-0.4, -0.2) is 5.75 Å². The fourth-order valence-corrected chi connectivity index (χ4v) is 7.19. The van der Waals surface area contributed by atoms with Gasteiger partial charge < -0.3 is 5.26 Å². The van der Waals surface area contributed by atoms with E-state index in [2.05, 4.69) is 9.37 Å². The van der Waals surface area contributed by atoms with Crippen LogP contribution < -0.4 is 5.26 Å². The fraction of sp³-hybridized carbons (Fsp3) is 0.647. The average Bonchev–Trinajstić information content (AvgIpc) is 2.59. The number of thioether (sulfide) groups is 1. The fourth-order valence-electron chi connectivity index (χ4n) is 5.53. The average molecular weight is 409 g/mol. The molecule has 0 spiro atoms. The number of hydrogen-bond acceptors (Lipinski definition) is 5. The highest BCUT2D eigenvalue weighted by Gasteiger charge is 2.50. The molecule has 4 fully saturated rings. The summed E-state index contributed by atoms with van der Waals surface area (Å²) < 4.78 is 60.5. The Morgan fingerprint density at radius 3 is 1.77 bits per heavy atom. The third-order valence-electron chi connectivity index (χ3n) is 6.02. The van der Waals surface area contributed by atoms with Gasteiger partial charge in [0.25, 0.3) is 0 Å². The van der Waals surface area contributed by atoms with Gasteiger partial charge in [0.1, 0.15) is 4.90 Å². The minimum absolute atomic E-state index is 0.0121. The van der Waals surface area contributed by atoms with Gasteiger partial charge in [0.15, 0.2) is 23.3 Å². The Bertz CT molecular complexity index is 651. The van der Waals surface area contributed by atoms with E-state index in [1.807, 2.05) is 0 Å². The van der Waals surface area contributed by atoms with Gasteiger partial charge in [-0.2, -0.15) is 4.33 Å². The predicted molar refractivity (Wildman–Crippen MR) is 85.6 cm³/mol. The summed E-state index contributed by atoms with van der Waals surface area (Å²) in [5, 5.41) is 12.8. The van der Waals surface area contributed by atoms with Crippen molar-refractivity contribution in [1.29, 1.82) is 0 Å². The summed E-state index contributed by atoms with van der Waals surface area (Å²) in [6.07, 6.45) is 6.81. The highest BCUT2D eigenvalue weighted by Crippen LogP contribution is 2.61. The van der Waals surface area contributed by atoms with E-state index in [-0.39, 0.29) is 17.5 Å². The van der Waals surface area contributed by atoms with Crippen molar-refractivity contribution in [2.75, 3.05) is 5.75 Å². The zero-order chi connectivity index (χ0) is 18.5. The summed E-state index contributed by atoms with van der Waals surface area (Å²) in [5.41, 5.74) is 0.0121. The Morgan fingerprint density at radius 1 is 0.846 bits per heavy atom. The van der Waals surface area contributed by atoms with Crippen molar-refractivity contribution < 1.29 is 32.2 Å². The molecule has 0 radical (unpaired) electrons. The monoisotopic (exact) mass is 409 g/mol. The van der Waals surface area contributed by atoms with Crippen molar-refractivity contribution in [3.63, 3.8) is 0 Å². The van der Waals surface area contributed by atoms with Crippen LogP contribution in [0.2, 0.25) is 0 Å². The lowest BCUT2D eigenvalue weighted by Crippen LogP contribution is -2.47. The van der Waals surface area contributed by atoms with E-state index in [1.54, 1.807) is 0 Å². The van der Waals surface area contributed by atoms with E-state index in [4.69, 9.17) is 0 Å². The third-order valence-corrected chi connectivity index (χ3v) is 8.07. The molecule has 0 amide bonds. The summed E-state index contributed by atoms with van der Waals surface area (Å²) in [5.74, 6) is -3.62. The summed E-state index contributed by atoms with van der Waals surface area (Å²) in [7, 11) is 0. The molecule has 9 heteroatoms. The van der Waals surface area contributed by atoms with Gasteiger partial charge in [-0.25, -0.2) is 17.6 Å². The van der Waals surface area contributed by atoms with Crippen molar-refractivity contribution in [2.45, 2.75) is 48.3 Å². The number of rotatable bonds is 6. The molecule has 26 heavy (non-hydrogen) atoms. The van der Waals surface area contributed by atoms with Gasteiger partial charge >= 0.3 is 0 Å². The molecule has 0 atom stereocenters. The quantitative estimate of drug-likeness (QED) is 0.169. The number of halogens is 4. The highest BCUT2D eigenvalue weighted by molar-refractivity contribution is 7.99. The van der Waals surface area contributed by atoms with Crippen LogP contribution in [0.3, 0.4) is 0 Å². The van der Waals surface area contributed by atoms with Crippen molar-refractivity contribution in [3.8, 4) is 0 Å². The van der Waals surface area contributed by atoms with E-state index in [0.717, 1.165) is 31.0 Å². The first-order valence-corrected chi connectivity index (χ1v) is 10.3. The van der Waals surface area contributed by atoms with Gasteiger partial charge in [-0.15, -0.1) is 11.8 Å². The number of hydrogen-bond donors (Lipinski definition) is 0. The first-order chi connectivity index (χ1) is 12.4. The van der Waals surface area contributed by atoms with Gasteiger partial charge in [0.2, 0.25) is 0 Å². The van der Waals surface area contributed by atoms with Crippen LogP contribution in [0.1, 0.15) is 38.5 Å². The van der Waals surface area contributed by atoms with Crippen molar-refractivity contribution in [1.82, 2.24) is 0 Å². The lowest BCUT2D eigenvalue weighted by molar-refractivity contribution is -0.777. The van der Waals surface area contributed by atoms with Crippen LogP contribution in [0.4, 0.5) is 17.6 Å². The molecule has 0 N–H and O–H groups in total. The van der Waals surface area contributed by atoms with Crippen LogP contribution in [0.15, 0.2) is 9.79 Å². The van der Waals surface area contributed by atoms with Gasteiger partial charge in [-0.1, -0.05) is 0 Å². The van der Waals surface area contributed by atoms with Gasteiger partial charge in [-0.05, 0) is 61.7 Å².